The first kappa shape index (κ1) is 7.06. The molecule has 1 heterocycles. The van der Waals surface area contributed by atoms with Gasteiger partial charge >= 0.3 is 0 Å². The smallest absolute Gasteiger partial charge is 0.0603 e. The van der Waals surface area contributed by atoms with E-state index in [-0.39, 0.29) is 0 Å². The lowest BCUT2D eigenvalue weighted by molar-refractivity contribution is 0.598. The normalized spacial score (nSPS) is 9.70. The topological polar surface area (TPSA) is 17.8 Å². The number of hydrogen-bond acceptors (Lipinski definition) is 1. The van der Waals surface area contributed by atoms with Crippen LogP contribution < -0.4 is 0 Å². The van der Waals surface area contributed by atoms with Gasteiger partial charge in [0.05, 0.1) is 5.69 Å². The van der Waals surface area contributed by atoms with E-state index in [0.717, 1.165) is 18.7 Å². The van der Waals surface area contributed by atoms with Crippen LogP contribution in [-0.2, 0) is 6.54 Å². The van der Waals surface area contributed by atoms with Crippen molar-refractivity contribution in [2.45, 2.75) is 19.9 Å². The van der Waals surface area contributed by atoms with Gasteiger partial charge in [0.15, 0.2) is 0 Å². The lowest BCUT2D eigenvalue weighted by Gasteiger charge is -1.99. The van der Waals surface area contributed by atoms with Crippen LogP contribution in [0.2, 0.25) is 0 Å². The van der Waals surface area contributed by atoms with Gasteiger partial charge < -0.3 is 0 Å². The molecule has 0 aliphatic carbocycles. The van der Waals surface area contributed by atoms with Gasteiger partial charge in [-0.05, 0) is 18.6 Å². The molecule has 0 saturated carbocycles. The molecule has 1 rings (SSSR count). The van der Waals surface area contributed by atoms with Gasteiger partial charge in [0, 0.05) is 12.7 Å². The van der Waals surface area contributed by atoms with Crippen molar-refractivity contribution in [3.05, 3.63) is 24.5 Å². The van der Waals surface area contributed by atoms with Gasteiger partial charge in [-0.2, -0.15) is 5.10 Å². The summed E-state index contributed by atoms with van der Waals surface area (Å²) in [7, 11) is 0. The highest BCUT2D eigenvalue weighted by atomic mass is 15.3. The average molecular weight is 136 g/mol. The Morgan fingerprint density at radius 2 is 2.60 bits per heavy atom. The summed E-state index contributed by atoms with van der Waals surface area (Å²) in [6.07, 6.45) is 4.73. The maximum absolute atomic E-state index is 4.12. The standard InChI is InChI=1S/C8H12N2/c1-3-7-10-8(4-2)5-6-9-10/h4-6H,2-3,7H2,1H3. The molecule has 2 heteroatoms. The van der Waals surface area contributed by atoms with E-state index in [1.165, 1.54) is 0 Å². The second kappa shape index (κ2) is 3.20. The zero-order valence-electron chi connectivity index (χ0n) is 6.25. The Balaban J connectivity index is 2.79. The molecular weight excluding hydrogens is 124 g/mol. The van der Waals surface area contributed by atoms with Gasteiger partial charge in [-0.3, -0.25) is 4.68 Å². The van der Waals surface area contributed by atoms with Crippen LogP contribution in [0.4, 0.5) is 0 Å². The quantitative estimate of drug-likeness (QED) is 0.621. The summed E-state index contributed by atoms with van der Waals surface area (Å²) < 4.78 is 1.95. The van der Waals surface area contributed by atoms with Crippen LogP contribution in [0.1, 0.15) is 19.0 Å². The zero-order valence-corrected chi connectivity index (χ0v) is 6.25. The summed E-state index contributed by atoms with van der Waals surface area (Å²) >= 11 is 0. The molecular formula is C8H12N2. The molecule has 0 spiro atoms. The molecule has 0 aromatic carbocycles. The van der Waals surface area contributed by atoms with E-state index in [1.807, 2.05) is 16.8 Å². The van der Waals surface area contributed by atoms with Gasteiger partial charge in [-0.25, -0.2) is 0 Å². The van der Waals surface area contributed by atoms with Crippen LogP contribution in [0.15, 0.2) is 18.8 Å². The third kappa shape index (κ3) is 1.26. The number of aryl methyl sites for hydroxylation is 1. The summed E-state index contributed by atoms with van der Waals surface area (Å²) in [5.41, 5.74) is 1.10. The van der Waals surface area contributed by atoms with Gasteiger partial charge in [0.25, 0.3) is 0 Å². The van der Waals surface area contributed by atoms with Gasteiger partial charge in [0.1, 0.15) is 0 Å². The number of hydrogen-bond donors (Lipinski definition) is 0. The van der Waals surface area contributed by atoms with Crippen molar-refractivity contribution in [2.24, 2.45) is 0 Å². The third-order valence-corrected chi connectivity index (χ3v) is 1.39. The molecule has 0 bridgehead atoms. The van der Waals surface area contributed by atoms with Crippen LogP contribution in [0.5, 0.6) is 0 Å². The Morgan fingerprint density at radius 3 is 3.20 bits per heavy atom. The molecule has 0 aliphatic rings. The molecule has 0 radical (unpaired) electrons. The number of aromatic nitrogens is 2. The Labute approximate surface area is 61.2 Å². The molecule has 0 fully saturated rings. The number of rotatable bonds is 3. The van der Waals surface area contributed by atoms with Gasteiger partial charge in [0.2, 0.25) is 0 Å². The Morgan fingerprint density at radius 1 is 1.80 bits per heavy atom. The first-order chi connectivity index (χ1) is 4.88. The van der Waals surface area contributed by atoms with E-state index in [0.29, 0.717) is 0 Å². The molecule has 0 saturated heterocycles. The molecule has 2 nitrogen and oxygen atoms in total. The van der Waals surface area contributed by atoms with Crippen molar-refractivity contribution in [3.8, 4) is 0 Å². The fourth-order valence-corrected chi connectivity index (χ4v) is 0.915. The summed E-state index contributed by atoms with van der Waals surface area (Å²) in [6.45, 7) is 6.80. The monoisotopic (exact) mass is 136 g/mol. The van der Waals surface area contributed by atoms with Crippen molar-refractivity contribution < 1.29 is 0 Å². The predicted octanol–water partition coefficient (Wildman–Crippen LogP) is 1.94. The summed E-state index contributed by atoms with van der Waals surface area (Å²) in [6, 6.07) is 1.96. The van der Waals surface area contributed by atoms with Crippen LogP contribution in [0.25, 0.3) is 6.08 Å². The maximum Gasteiger partial charge on any atom is 0.0603 e. The highest BCUT2D eigenvalue weighted by Crippen LogP contribution is 2.00. The largest absolute Gasteiger partial charge is 0.266 e. The van der Waals surface area contributed by atoms with E-state index in [2.05, 4.69) is 18.6 Å². The minimum absolute atomic E-state index is 0.981. The third-order valence-electron chi connectivity index (χ3n) is 1.39. The minimum Gasteiger partial charge on any atom is -0.266 e. The highest BCUT2D eigenvalue weighted by molar-refractivity contribution is 5.40. The Hall–Kier alpha value is -1.05. The molecule has 54 valence electrons. The Kier molecular flexibility index (Phi) is 2.26. The fourth-order valence-electron chi connectivity index (χ4n) is 0.915. The van der Waals surface area contributed by atoms with E-state index in [9.17, 15) is 0 Å². The SMILES string of the molecule is C=Cc1ccnn1CCC. The molecule has 1 aromatic heterocycles. The lowest BCUT2D eigenvalue weighted by Crippen LogP contribution is -2.00. The Bertz CT molecular complexity index is 213. The molecule has 10 heavy (non-hydrogen) atoms. The van der Waals surface area contributed by atoms with E-state index < -0.39 is 0 Å². The van der Waals surface area contributed by atoms with Crippen molar-refractivity contribution in [2.75, 3.05) is 0 Å². The molecule has 0 atom stereocenters. The second-order valence-corrected chi connectivity index (χ2v) is 2.18. The molecule has 0 N–H and O–H groups in total. The van der Waals surface area contributed by atoms with E-state index >= 15 is 0 Å². The lowest BCUT2D eigenvalue weighted by atomic mass is 10.4. The first-order valence-electron chi connectivity index (χ1n) is 3.52. The van der Waals surface area contributed by atoms with Crippen molar-refractivity contribution >= 4 is 6.08 Å². The van der Waals surface area contributed by atoms with Gasteiger partial charge in [-0.1, -0.05) is 13.5 Å². The number of nitrogens with zero attached hydrogens (tertiary/aromatic N) is 2. The highest BCUT2D eigenvalue weighted by Gasteiger charge is 1.93. The fraction of sp³-hybridized carbons (Fsp3) is 0.375. The summed E-state index contributed by atoms with van der Waals surface area (Å²) in [4.78, 5) is 0. The molecule has 0 unspecified atom stereocenters. The predicted molar refractivity (Wildman–Crippen MR) is 42.6 cm³/mol. The molecule has 0 aliphatic heterocycles. The zero-order chi connectivity index (χ0) is 7.40. The van der Waals surface area contributed by atoms with Crippen LogP contribution in [0, 0.1) is 0 Å². The van der Waals surface area contributed by atoms with Crippen LogP contribution in [0.3, 0.4) is 0 Å². The second-order valence-electron chi connectivity index (χ2n) is 2.18. The van der Waals surface area contributed by atoms with E-state index in [4.69, 9.17) is 0 Å². The first-order valence-corrected chi connectivity index (χ1v) is 3.52. The van der Waals surface area contributed by atoms with Crippen molar-refractivity contribution in [3.63, 3.8) is 0 Å². The summed E-state index contributed by atoms with van der Waals surface area (Å²) in [5, 5.41) is 4.12. The summed E-state index contributed by atoms with van der Waals surface area (Å²) in [5.74, 6) is 0. The van der Waals surface area contributed by atoms with E-state index in [1.54, 1.807) is 6.20 Å². The van der Waals surface area contributed by atoms with Crippen LogP contribution >= 0.6 is 0 Å². The van der Waals surface area contributed by atoms with Crippen LogP contribution in [-0.4, -0.2) is 9.78 Å². The van der Waals surface area contributed by atoms with Gasteiger partial charge in [-0.15, -0.1) is 0 Å². The molecule has 1 aromatic rings. The minimum atomic E-state index is 0.981. The van der Waals surface area contributed by atoms with Crippen molar-refractivity contribution in [1.29, 1.82) is 0 Å². The average Bonchev–Trinajstić information content (AvgIpc) is 2.36. The maximum atomic E-state index is 4.12. The van der Waals surface area contributed by atoms with Crippen molar-refractivity contribution in [1.82, 2.24) is 9.78 Å². The molecule has 0 amide bonds.